The van der Waals surface area contributed by atoms with Crippen LogP contribution in [0.5, 0.6) is 0 Å². The van der Waals surface area contributed by atoms with Crippen LogP contribution >= 0.6 is 0 Å². The fraction of sp³-hybridized carbons (Fsp3) is 0.462. The summed E-state index contributed by atoms with van der Waals surface area (Å²) >= 11 is 0. The molecule has 6 nitrogen and oxygen atoms in total. The van der Waals surface area contributed by atoms with Gasteiger partial charge in [-0.25, -0.2) is 0 Å². The number of H-pyrrole nitrogens is 1. The minimum atomic E-state index is -0.192. The van der Waals surface area contributed by atoms with Gasteiger partial charge in [-0.1, -0.05) is 18.2 Å². The molecule has 5 rings (SSSR count). The third-order valence-electron chi connectivity index (χ3n) is 6.80. The van der Waals surface area contributed by atoms with Crippen LogP contribution in [-0.4, -0.2) is 46.2 Å². The van der Waals surface area contributed by atoms with E-state index in [2.05, 4.69) is 17.1 Å². The van der Waals surface area contributed by atoms with Gasteiger partial charge in [0.25, 0.3) is 11.5 Å². The van der Waals surface area contributed by atoms with E-state index in [9.17, 15) is 9.59 Å². The molecular formula is C26H31N3O3. The average molecular weight is 434 g/mol. The van der Waals surface area contributed by atoms with Crippen LogP contribution in [0, 0.1) is 12.8 Å². The number of pyridine rings is 1. The molecule has 1 saturated heterocycles. The fourth-order valence-corrected chi connectivity index (χ4v) is 4.73. The quantitative estimate of drug-likeness (QED) is 0.586. The fourth-order valence-electron chi connectivity index (χ4n) is 4.73. The predicted octanol–water partition coefficient (Wildman–Crippen LogP) is 3.91. The standard InChI is InChI=1S/C26H31N3O3/c1-18-10-12-28(13-11-20-15-27-23-7-3-2-6-22(20)23)25(30)24(18)26(31)29(16-19-8-9-19)17-21-5-4-14-32-21/h2-3,6-7,10,12,15,19,21,27H,4-5,8-9,11,13-14,16-17H2,1H3. The number of hydrogen-bond acceptors (Lipinski definition) is 3. The van der Waals surface area contributed by atoms with E-state index in [0.29, 0.717) is 24.6 Å². The molecular weight excluding hydrogens is 402 g/mol. The van der Waals surface area contributed by atoms with Gasteiger partial charge in [-0.15, -0.1) is 0 Å². The Morgan fingerprint density at radius 3 is 2.81 bits per heavy atom. The Morgan fingerprint density at radius 1 is 1.19 bits per heavy atom. The van der Waals surface area contributed by atoms with Crippen LogP contribution in [0.2, 0.25) is 0 Å². The van der Waals surface area contributed by atoms with Gasteiger partial charge in [-0.3, -0.25) is 9.59 Å². The molecule has 2 aliphatic rings. The summed E-state index contributed by atoms with van der Waals surface area (Å²) in [6.45, 7) is 4.47. The number of nitrogens with one attached hydrogen (secondary N) is 1. The molecule has 3 aromatic rings. The van der Waals surface area contributed by atoms with Crippen molar-refractivity contribution in [3.63, 3.8) is 0 Å². The summed E-state index contributed by atoms with van der Waals surface area (Å²) < 4.78 is 7.47. The molecule has 2 aromatic heterocycles. The Hall–Kier alpha value is -2.86. The van der Waals surface area contributed by atoms with Gasteiger partial charge in [0.15, 0.2) is 0 Å². The van der Waals surface area contributed by atoms with Crippen molar-refractivity contribution in [1.82, 2.24) is 14.5 Å². The van der Waals surface area contributed by atoms with E-state index < -0.39 is 0 Å². The number of ether oxygens (including phenoxy) is 1. The lowest BCUT2D eigenvalue weighted by atomic mass is 10.1. The maximum Gasteiger partial charge on any atom is 0.263 e. The van der Waals surface area contributed by atoms with Crippen molar-refractivity contribution in [2.45, 2.75) is 51.7 Å². The van der Waals surface area contributed by atoms with E-state index in [1.807, 2.05) is 42.4 Å². The highest BCUT2D eigenvalue weighted by atomic mass is 16.5. The van der Waals surface area contributed by atoms with Gasteiger partial charge < -0.3 is 19.2 Å². The zero-order valence-electron chi connectivity index (χ0n) is 18.7. The van der Waals surface area contributed by atoms with E-state index in [-0.39, 0.29) is 17.6 Å². The Kier molecular flexibility index (Phi) is 5.87. The van der Waals surface area contributed by atoms with Crippen LogP contribution in [0.4, 0.5) is 0 Å². The molecule has 32 heavy (non-hydrogen) atoms. The van der Waals surface area contributed by atoms with E-state index in [1.54, 1.807) is 4.57 Å². The molecule has 0 bridgehead atoms. The molecule has 1 amide bonds. The predicted molar refractivity (Wildman–Crippen MR) is 125 cm³/mol. The molecule has 0 radical (unpaired) electrons. The molecule has 168 valence electrons. The van der Waals surface area contributed by atoms with Gasteiger partial charge in [0, 0.05) is 49.5 Å². The van der Waals surface area contributed by atoms with Crippen molar-refractivity contribution in [2.75, 3.05) is 19.7 Å². The average Bonchev–Trinajstić information content (AvgIpc) is 3.29. The van der Waals surface area contributed by atoms with Gasteiger partial charge in [0.2, 0.25) is 0 Å². The number of aryl methyl sites for hydroxylation is 3. The number of fused-ring (bicyclic) bond motifs is 1. The van der Waals surface area contributed by atoms with Crippen LogP contribution in [0.15, 0.2) is 47.5 Å². The van der Waals surface area contributed by atoms with Gasteiger partial charge in [0.05, 0.1) is 6.10 Å². The highest BCUT2D eigenvalue weighted by molar-refractivity contribution is 5.95. The minimum Gasteiger partial charge on any atom is -0.376 e. The lowest BCUT2D eigenvalue weighted by molar-refractivity contribution is 0.0512. The zero-order valence-corrected chi connectivity index (χ0v) is 18.7. The third-order valence-corrected chi connectivity index (χ3v) is 6.80. The summed E-state index contributed by atoms with van der Waals surface area (Å²) in [5, 5.41) is 1.18. The second-order valence-corrected chi connectivity index (χ2v) is 9.27. The van der Waals surface area contributed by atoms with Gasteiger partial charge in [0.1, 0.15) is 5.56 Å². The Morgan fingerprint density at radius 2 is 2.03 bits per heavy atom. The molecule has 1 unspecified atom stereocenters. The summed E-state index contributed by atoms with van der Waals surface area (Å²) in [6.07, 6.45) is 8.99. The third kappa shape index (κ3) is 4.37. The van der Waals surface area contributed by atoms with Crippen LogP contribution in [0.3, 0.4) is 0 Å². The summed E-state index contributed by atoms with van der Waals surface area (Å²) in [7, 11) is 0. The van der Waals surface area contributed by atoms with Crippen molar-refractivity contribution >= 4 is 16.8 Å². The van der Waals surface area contributed by atoms with Crippen LogP contribution in [0.1, 0.15) is 47.2 Å². The number of benzene rings is 1. The summed E-state index contributed by atoms with van der Waals surface area (Å²) in [4.78, 5) is 32.1. The number of rotatable bonds is 8. The van der Waals surface area contributed by atoms with Crippen LogP contribution < -0.4 is 5.56 Å². The minimum absolute atomic E-state index is 0.0887. The number of hydrogen-bond donors (Lipinski definition) is 1. The summed E-state index contributed by atoms with van der Waals surface area (Å²) in [6, 6.07) is 10.1. The second-order valence-electron chi connectivity index (χ2n) is 9.27. The SMILES string of the molecule is Cc1ccn(CCc2c[nH]c3ccccc23)c(=O)c1C(=O)N(CC1CC1)CC1CCCO1. The van der Waals surface area contributed by atoms with Gasteiger partial charge >= 0.3 is 0 Å². The lowest BCUT2D eigenvalue weighted by Gasteiger charge is -2.26. The van der Waals surface area contributed by atoms with E-state index in [0.717, 1.165) is 56.3 Å². The molecule has 1 N–H and O–H groups in total. The zero-order chi connectivity index (χ0) is 22.1. The first-order valence-corrected chi connectivity index (χ1v) is 11.8. The van der Waals surface area contributed by atoms with Crippen molar-refractivity contribution in [1.29, 1.82) is 0 Å². The van der Waals surface area contributed by atoms with E-state index in [4.69, 9.17) is 4.74 Å². The molecule has 3 heterocycles. The molecule has 1 atom stereocenters. The van der Waals surface area contributed by atoms with Gasteiger partial charge in [-0.2, -0.15) is 0 Å². The first kappa shape index (κ1) is 21.0. The van der Waals surface area contributed by atoms with Crippen molar-refractivity contribution in [2.24, 2.45) is 5.92 Å². The highest BCUT2D eigenvalue weighted by Gasteiger charge is 2.31. The second kappa shape index (κ2) is 8.94. The number of carbonyl (C=O) groups excluding carboxylic acids is 1. The van der Waals surface area contributed by atoms with Crippen LogP contribution in [-0.2, 0) is 17.7 Å². The largest absolute Gasteiger partial charge is 0.376 e. The molecule has 1 saturated carbocycles. The summed E-state index contributed by atoms with van der Waals surface area (Å²) in [5.41, 5.74) is 3.14. The maximum absolute atomic E-state index is 13.5. The number of amides is 1. The van der Waals surface area contributed by atoms with Gasteiger partial charge in [-0.05, 0) is 68.2 Å². The number of carbonyl (C=O) groups is 1. The number of nitrogens with zero attached hydrogens (tertiary/aromatic N) is 2. The number of para-hydroxylation sites is 1. The topological polar surface area (TPSA) is 67.3 Å². The monoisotopic (exact) mass is 433 g/mol. The number of aromatic amines is 1. The molecule has 1 aliphatic heterocycles. The molecule has 1 aromatic carbocycles. The molecule has 6 heteroatoms. The van der Waals surface area contributed by atoms with Crippen molar-refractivity contribution in [3.05, 3.63) is 69.8 Å². The normalized spacial score (nSPS) is 18.3. The first-order valence-electron chi connectivity index (χ1n) is 11.8. The molecule has 0 spiro atoms. The van der Waals surface area contributed by atoms with Crippen molar-refractivity contribution < 1.29 is 9.53 Å². The Bertz CT molecular complexity index is 1170. The molecule has 2 fully saturated rings. The number of aromatic nitrogens is 2. The molecule has 1 aliphatic carbocycles. The lowest BCUT2D eigenvalue weighted by Crippen LogP contribution is -2.42. The Balaban J connectivity index is 1.37. The van der Waals surface area contributed by atoms with Crippen LogP contribution in [0.25, 0.3) is 10.9 Å². The Labute approximate surface area is 188 Å². The smallest absolute Gasteiger partial charge is 0.263 e. The highest BCUT2D eigenvalue weighted by Crippen LogP contribution is 2.30. The summed E-state index contributed by atoms with van der Waals surface area (Å²) in [5.74, 6) is 0.421. The first-order chi connectivity index (χ1) is 15.6. The maximum atomic E-state index is 13.5. The van der Waals surface area contributed by atoms with Crippen molar-refractivity contribution in [3.8, 4) is 0 Å². The van der Waals surface area contributed by atoms with E-state index >= 15 is 0 Å². The van der Waals surface area contributed by atoms with E-state index in [1.165, 1.54) is 10.9 Å².